The number of benzene rings is 4. The molecule has 0 spiro atoms. The van der Waals surface area contributed by atoms with E-state index < -0.39 is 11.9 Å². The molecular formula is C34H30O6. The van der Waals surface area contributed by atoms with Crippen molar-refractivity contribution in [3.05, 3.63) is 121 Å². The van der Waals surface area contributed by atoms with Crippen molar-refractivity contribution >= 4 is 11.9 Å². The quantitative estimate of drug-likeness (QED) is 0.0862. The molecule has 0 saturated carbocycles. The van der Waals surface area contributed by atoms with E-state index >= 15 is 0 Å². The summed E-state index contributed by atoms with van der Waals surface area (Å²) in [5.41, 5.74) is 4.73. The van der Waals surface area contributed by atoms with Crippen molar-refractivity contribution in [2.45, 2.75) is 13.8 Å². The lowest BCUT2D eigenvalue weighted by Gasteiger charge is -2.10. The average Bonchev–Trinajstić information content (AvgIpc) is 2.97. The molecule has 0 fully saturated rings. The zero-order valence-electron chi connectivity index (χ0n) is 22.5. The Morgan fingerprint density at radius 3 is 0.975 bits per heavy atom. The molecule has 6 nitrogen and oxygen atoms in total. The predicted octanol–water partition coefficient (Wildman–Crippen LogP) is 7.44. The fourth-order valence-corrected chi connectivity index (χ4v) is 3.63. The number of hydrogen-bond donors (Lipinski definition) is 0. The van der Waals surface area contributed by atoms with E-state index in [1.54, 1.807) is 38.1 Å². The van der Waals surface area contributed by atoms with Crippen LogP contribution in [-0.2, 0) is 9.59 Å². The molecule has 40 heavy (non-hydrogen) atoms. The van der Waals surface area contributed by atoms with E-state index in [0.717, 1.165) is 33.8 Å². The second-order valence-corrected chi connectivity index (χ2v) is 9.13. The first-order chi connectivity index (χ1) is 19.3. The van der Waals surface area contributed by atoms with Gasteiger partial charge in [-0.15, -0.1) is 0 Å². The molecule has 0 aromatic heterocycles. The molecule has 0 aliphatic carbocycles. The summed E-state index contributed by atoms with van der Waals surface area (Å²) in [6.45, 7) is 11.2. The van der Waals surface area contributed by atoms with Crippen molar-refractivity contribution < 1.29 is 28.5 Å². The minimum absolute atomic E-state index is 0.354. The van der Waals surface area contributed by atoms with Gasteiger partial charge in [-0.2, -0.15) is 0 Å². The molecule has 0 atom stereocenters. The normalized spacial score (nSPS) is 10.3. The molecule has 4 aromatic rings. The molecule has 0 aliphatic heterocycles. The molecule has 0 radical (unpaired) electrons. The Hall–Kier alpha value is -5.10. The Morgan fingerprint density at radius 1 is 0.475 bits per heavy atom. The first-order valence-corrected chi connectivity index (χ1v) is 12.7. The van der Waals surface area contributed by atoms with Crippen molar-refractivity contribution in [3.8, 4) is 45.3 Å². The zero-order valence-corrected chi connectivity index (χ0v) is 22.5. The number of esters is 2. The first-order valence-electron chi connectivity index (χ1n) is 12.7. The van der Waals surface area contributed by atoms with Crippen molar-refractivity contribution in [2.24, 2.45) is 0 Å². The number of carbonyl (C=O) groups excluding carboxylic acids is 2. The average molecular weight is 535 g/mol. The van der Waals surface area contributed by atoms with Crippen molar-refractivity contribution in [1.29, 1.82) is 0 Å². The fraction of sp³-hybridized carbons (Fsp3) is 0.118. The highest BCUT2D eigenvalue weighted by atomic mass is 16.5. The maximum absolute atomic E-state index is 11.7. The molecule has 0 heterocycles. The van der Waals surface area contributed by atoms with Gasteiger partial charge < -0.3 is 18.9 Å². The van der Waals surface area contributed by atoms with Crippen LogP contribution in [-0.4, -0.2) is 25.2 Å². The van der Waals surface area contributed by atoms with Gasteiger partial charge in [0.05, 0.1) is 0 Å². The predicted molar refractivity (Wildman–Crippen MR) is 156 cm³/mol. The van der Waals surface area contributed by atoms with Gasteiger partial charge >= 0.3 is 11.9 Å². The fourth-order valence-electron chi connectivity index (χ4n) is 3.63. The lowest BCUT2D eigenvalue weighted by atomic mass is 10.1. The highest BCUT2D eigenvalue weighted by molar-refractivity contribution is 5.89. The largest absolute Gasteiger partial charge is 0.490 e. The van der Waals surface area contributed by atoms with Crippen LogP contribution in [0.15, 0.2) is 121 Å². The Balaban J connectivity index is 1.22. The number of carbonyl (C=O) groups is 2. The third kappa shape index (κ3) is 7.71. The summed E-state index contributed by atoms with van der Waals surface area (Å²) in [7, 11) is 0. The lowest BCUT2D eigenvalue weighted by molar-refractivity contribution is -0.130. The summed E-state index contributed by atoms with van der Waals surface area (Å²) in [5, 5.41) is 0. The van der Waals surface area contributed by atoms with E-state index in [-0.39, 0.29) is 0 Å². The molecule has 0 aliphatic rings. The van der Waals surface area contributed by atoms with E-state index in [1.165, 1.54) is 0 Å². The van der Waals surface area contributed by atoms with Crippen LogP contribution in [0.4, 0.5) is 0 Å². The Morgan fingerprint density at radius 2 is 0.725 bits per heavy atom. The van der Waals surface area contributed by atoms with Gasteiger partial charge in [-0.1, -0.05) is 61.7 Å². The third-order valence-corrected chi connectivity index (χ3v) is 5.82. The Kier molecular flexibility index (Phi) is 9.15. The van der Waals surface area contributed by atoms with Gasteiger partial charge in [0.25, 0.3) is 0 Å². The second-order valence-electron chi connectivity index (χ2n) is 9.13. The molecule has 4 rings (SSSR count). The number of rotatable bonds is 11. The summed E-state index contributed by atoms with van der Waals surface area (Å²) in [6, 6.07) is 30.1. The molecule has 0 N–H and O–H groups in total. The highest BCUT2D eigenvalue weighted by Crippen LogP contribution is 2.26. The van der Waals surface area contributed by atoms with E-state index in [1.807, 2.05) is 72.8 Å². The zero-order chi connectivity index (χ0) is 28.5. The summed E-state index contributed by atoms with van der Waals surface area (Å²) in [4.78, 5) is 23.3. The van der Waals surface area contributed by atoms with E-state index in [0.29, 0.717) is 35.9 Å². The number of ether oxygens (including phenoxy) is 4. The van der Waals surface area contributed by atoms with Crippen LogP contribution in [0, 0.1) is 0 Å². The molecule has 0 unspecified atom stereocenters. The molecule has 0 bridgehead atoms. The monoisotopic (exact) mass is 534 g/mol. The van der Waals surface area contributed by atoms with Crippen LogP contribution in [0.1, 0.15) is 13.8 Å². The van der Waals surface area contributed by atoms with Gasteiger partial charge in [-0.3, -0.25) is 0 Å². The maximum atomic E-state index is 11.7. The number of hydrogen-bond acceptors (Lipinski definition) is 6. The van der Waals surface area contributed by atoms with Crippen LogP contribution in [0.5, 0.6) is 23.0 Å². The SMILES string of the molecule is C=C(C)C(=O)Oc1ccc(-c2ccc(OCCOc3ccc(-c4ccc(OC(=O)C(=C)C)cc4)cc3)cc2)cc1. The van der Waals surface area contributed by atoms with Gasteiger partial charge in [0.1, 0.15) is 36.2 Å². The highest BCUT2D eigenvalue weighted by Gasteiger charge is 2.07. The first kappa shape index (κ1) is 27.9. The Bertz CT molecular complexity index is 1370. The van der Waals surface area contributed by atoms with Gasteiger partial charge in [0, 0.05) is 11.1 Å². The van der Waals surface area contributed by atoms with Crippen LogP contribution in [0.2, 0.25) is 0 Å². The Labute approximate surface area is 234 Å². The van der Waals surface area contributed by atoms with Gasteiger partial charge in [0.15, 0.2) is 0 Å². The molecule has 6 heteroatoms. The van der Waals surface area contributed by atoms with E-state index in [4.69, 9.17) is 18.9 Å². The third-order valence-electron chi connectivity index (χ3n) is 5.82. The van der Waals surface area contributed by atoms with Crippen LogP contribution in [0.25, 0.3) is 22.3 Å². The minimum Gasteiger partial charge on any atom is -0.490 e. The van der Waals surface area contributed by atoms with Crippen molar-refractivity contribution in [3.63, 3.8) is 0 Å². The van der Waals surface area contributed by atoms with Gasteiger partial charge in [-0.25, -0.2) is 9.59 Å². The van der Waals surface area contributed by atoms with Crippen LogP contribution < -0.4 is 18.9 Å². The minimum atomic E-state index is -0.442. The maximum Gasteiger partial charge on any atom is 0.338 e. The molecule has 0 amide bonds. The van der Waals surface area contributed by atoms with Crippen molar-refractivity contribution in [2.75, 3.05) is 13.2 Å². The second kappa shape index (κ2) is 13.1. The van der Waals surface area contributed by atoms with Crippen LogP contribution in [0.3, 0.4) is 0 Å². The van der Waals surface area contributed by atoms with E-state index in [9.17, 15) is 9.59 Å². The van der Waals surface area contributed by atoms with Gasteiger partial charge in [-0.05, 0) is 84.6 Å². The van der Waals surface area contributed by atoms with Crippen LogP contribution >= 0.6 is 0 Å². The molecule has 0 saturated heterocycles. The molecule has 4 aromatic carbocycles. The molecular weight excluding hydrogens is 504 g/mol. The lowest BCUT2D eigenvalue weighted by Crippen LogP contribution is -2.08. The smallest absolute Gasteiger partial charge is 0.338 e. The summed E-state index contributed by atoms with van der Waals surface area (Å²) >= 11 is 0. The summed E-state index contributed by atoms with van der Waals surface area (Å²) < 4.78 is 22.1. The topological polar surface area (TPSA) is 71.1 Å². The summed E-state index contributed by atoms with van der Waals surface area (Å²) in [5.74, 6) is 1.55. The molecule has 202 valence electrons. The summed E-state index contributed by atoms with van der Waals surface area (Å²) in [6.07, 6.45) is 0. The van der Waals surface area contributed by atoms with Crippen molar-refractivity contribution in [1.82, 2.24) is 0 Å². The van der Waals surface area contributed by atoms with E-state index in [2.05, 4.69) is 13.2 Å². The standard InChI is InChI=1S/C34H30O6/c1-23(2)33(35)39-31-17-9-27(10-18-31)25-5-13-29(14-6-25)37-21-22-38-30-15-7-26(8-16-30)28-11-19-32(20-12-28)40-34(36)24(3)4/h5-20H,1,3,21-22H2,2,4H3. The van der Waals surface area contributed by atoms with Gasteiger partial charge in [0.2, 0.25) is 0 Å².